The zero-order valence-corrected chi connectivity index (χ0v) is 14.2. The van der Waals surface area contributed by atoms with Gasteiger partial charge in [0.05, 0.1) is 25.3 Å². The molecule has 0 saturated carbocycles. The lowest BCUT2D eigenvalue weighted by atomic mass is 10.0. The molecular formula is C18H22N2O4. The molecule has 24 heavy (non-hydrogen) atoms. The molecule has 1 amide bonds. The van der Waals surface area contributed by atoms with Crippen molar-refractivity contribution >= 4 is 16.8 Å². The van der Waals surface area contributed by atoms with Gasteiger partial charge in [-0.1, -0.05) is 18.2 Å². The Hall–Kier alpha value is -2.18. The lowest BCUT2D eigenvalue weighted by molar-refractivity contribution is -0.119. The third-order valence-corrected chi connectivity index (χ3v) is 4.45. The summed E-state index contributed by atoms with van der Waals surface area (Å²) in [6, 6.07) is 7.37. The van der Waals surface area contributed by atoms with Crippen LogP contribution in [0.15, 0.2) is 29.1 Å². The third-order valence-electron chi connectivity index (χ3n) is 4.45. The summed E-state index contributed by atoms with van der Waals surface area (Å²) in [5.41, 5.74) is 0.817. The van der Waals surface area contributed by atoms with E-state index in [9.17, 15) is 9.59 Å². The number of amides is 1. The van der Waals surface area contributed by atoms with Crippen molar-refractivity contribution < 1.29 is 14.3 Å². The standard InChI is InChI=1S/C18H22N2O4/c1-12-15(13-6-4-5-7-14(13)19-16(12)21)17(22)20-8-9-24-18(2,10-20)11-23-3/h4-7H,8-11H2,1-3H3,(H,19,21). The monoisotopic (exact) mass is 330 g/mol. The van der Waals surface area contributed by atoms with E-state index in [1.165, 1.54) is 0 Å². The summed E-state index contributed by atoms with van der Waals surface area (Å²) in [6.07, 6.45) is 0. The largest absolute Gasteiger partial charge is 0.382 e. The van der Waals surface area contributed by atoms with Crippen molar-refractivity contribution in [2.45, 2.75) is 19.4 Å². The van der Waals surface area contributed by atoms with Gasteiger partial charge in [0.15, 0.2) is 0 Å². The number of hydrogen-bond donors (Lipinski definition) is 1. The van der Waals surface area contributed by atoms with Crippen LogP contribution in [-0.2, 0) is 9.47 Å². The average Bonchev–Trinajstić information content (AvgIpc) is 2.55. The molecule has 1 fully saturated rings. The normalized spacial score (nSPS) is 21.2. The average molecular weight is 330 g/mol. The van der Waals surface area contributed by atoms with Crippen LogP contribution in [0.5, 0.6) is 0 Å². The summed E-state index contributed by atoms with van der Waals surface area (Å²) in [4.78, 5) is 29.9. The van der Waals surface area contributed by atoms with Crippen LogP contribution in [0.1, 0.15) is 22.8 Å². The van der Waals surface area contributed by atoms with E-state index in [1.807, 2.05) is 25.1 Å². The fraction of sp³-hybridized carbons (Fsp3) is 0.444. The van der Waals surface area contributed by atoms with E-state index >= 15 is 0 Å². The van der Waals surface area contributed by atoms with E-state index in [0.717, 1.165) is 5.39 Å². The zero-order chi connectivity index (χ0) is 17.3. The molecule has 1 unspecified atom stereocenters. The first-order valence-electron chi connectivity index (χ1n) is 7.99. The molecule has 1 N–H and O–H groups in total. The first kappa shape index (κ1) is 16.7. The fourth-order valence-corrected chi connectivity index (χ4v) is 3.27. The van der Waals surface area contributed by atoms with Crippen molar-refractivity contribution in [2.75, 3.05) is 33.4 Å². The quantitative estimate of drug-likeness (QED) is 0.930. The highest BCUT2D eigenvalue weighted by atomic mass is 16.5. The number of rotatable bonds is 3. The molecule has 1 aromatic heterocycles. The predicted molar refractivity (Wildman–Crippen MR) is 91.4 cm³/mol. The first-order chi connectivity index (χ1) is 11.4. The number of H-pyrrole nitrogens is 1. The maximum atomic E-state index is 13.2. The van der Waals surface area contributed by atoms with Crippen LogP contribution in [0.4, 0.5) is 0 Å². The summed E-state index contributed by atoms with van der Waals surface area (Å²) >= 11 is 0. The highest BCUT2D eigenvalue weighted by molar-refractivity contribution is 6.07. The van der Waals surface area contributed by atoms with Crippen molar-refractivity contribution in [2.24, 2.45) is 0 Å². The van der Waals surface area contributed by atoms with Crippen LogP contribution in [0.25, 0.3) is 10.9 Å². The minimum Gasteiger partial charge on any atom is -0.382 e. The molecular weight excluding hydrogens is 308 g/mol. The molecule has 128 valence electrons. The molecule has 3 rings (SSSR count). The van der Waals surface area contributed by atoms with E-state index < -0.39 is 5.60 Å². The number of morpholine rings is 1. The number of carbonyl (C=O) groups excluding carboxylic acids is 1. The summed E-state index contributed by atoms with van der Waals surface area (Å²) < 4.78 is 11.0. The second-order valence-electron chi connectivity index (χ2n) is 6.46. The number of benzene rings is 1. The maximum absolute atomic E-state index is 13.2. The molecule has 6 nitrogen and oxygen atoms in total. The van der Waals surface area contributed by atoms with E-state index in [-0.39, 0.29) is 11.5 Å². The van der Waals surface area contributed by atoms with Gasteiger partial charge in [0.25, 0.3) is 11.5 Å². The lowest BCUT2D eigenvalue weighted by Crippen LogP contribution is -2.54. The molecule has 1 aromatic carbocycles. The minimum atomic E-state index is -0.534. The number of carbonyl (C=O) groups is 1. The number of nitrogens with zero attached hydrogens (tertiary/aromatic N) is 1. The smallest absolute Gasteiger partial charge is 0.255 e. The number of aromatic nitrogens is 1. The van der Waals surface area contributed by atoms with Crippen molar-refractivity contribution in [1.82, 2.24) is 9.88 Å². The topological polar surface area (TPSA) is 71.6 Å². The molecule has 0 bridgehead atoms. The number of para-hydroxylation sites is 1. The second kappa shape index (κ2) is 6.37. The van der Waals surface area contributed by atoms with E-state index in [0.29, 0.717) is 42.9 Å². The van der Waals surface area contributed by atoms with Gasteiger partial charge in [0, 0.05) is 30.1 Å². The van der Waals surface area contributed by atoms with Gasteiger partial charge in [-0.15, -0.1) is 0 Å². The van der Waals surface area contributed by atoms with Crippen molar-refractivity contribution in [1.29, 1.82) is 0 Å². The van der Waals surface area contributed by atoms with Gasteiger partial charge < -0.3 is 19.4 Å². The Kier molecular flexibility index (Phi) is 4.43. The Morgan fingerprint density at radius 3 is 2.92 bits per heavy atom. The number of pyridine rings is 1. The van der Waals surface area contributed by atoms with Crippen LogP contribution in [0, 0.1) is 6.92 Å². The van der Waals surface area contributed by atoms with Gasteiger partial charge in [0.2, 0.25) is 0 Å². The Morgan fingerprint density at radius 1 is 1.42 bits per heavy atom. The number of methoxy groups -OCH3 is 1. The number of hydrogen-bond acceptors (Lipinski definition) is 4. The van der Waals surface area contributed by atoms with Gasteiger partial charge in [-0.2, -0.15) is 0 Å². The molecule has 1 aliphatic heterocycles. The molecule has 2 aromatic rings. The van der Waals surface area contributed by atoms with Gasteiger partial charge in [-0.05, 0) is 19.9 Å². The number of fused-ring (bicyclic) bond motifs is 1. The highest BCUT2D eigenvalue weighted by Crippen LogP contribution is 2.24. The van der Waals surface area contributed by atoms with Crippen molar-refractivity contribution in [3.05, 3.63) is 45.7 Å². The van der Waals surface area contributed by atoms with Crippen LogP contribution in [0.2, 0.25) is 0 Å². The van der Waals surface area contributed by atoms with Crippen LogP contribution >= 0.6 is 0 Å². The molecule has 1 aliphatic rings. The summed E-state index contributed by atoms with van der Waals surface area (Å²) in [5.74, 6) is -0.138. The third kappa shape index (κ3) is 2.95. The minimum absolute atomic E-state index is 0.138. The maximum Gasteiger partial charge on any atom is 0.255 e. The van der Waals surface area contributed by atoms with Crippen LogP contribution in [-0.4, -0.2) is 54.8 Å². The number of aromatic amines is 1. The molecule has 0 radical (unpaired) electrons. The summed E-state index contributed by atoms with van der Waals surface area (Å²) in [6.45, 7) is 5.41. The number of ether oxygens (including phenoxy) is 2. The molecule has 2 heterocycles. The molecule has 0 spiro atoms. The number of nitrogens with one attached hydrogen (secondary N) is 1. The Bertz CT molecular complexity index is 825. The SMILES string of the molecule is COCC1(C)CN(C(=O)c2c(C)c(=O)[nH]c3ccccc23)CCO1. The second-order valence-corrected chi connectivity index (χ2v) is 6.46. The van der Waals surface area contributed by atoms with Gasteiger partial charge >= 0.3 is 0 Å². The van der Waals surface area contributed by atoms with E-state index in [2.05, 4.69) is 4.98 Å². The van der Waals surface area contributed by atoms with Crippen molar-refractivity contribution in [3.8, 4) is 0 Å². The van der Waals surface area contributed by atoms with Crippen molar-refractivity contribution in [3.63, 3.8) is 0 Å². The molecule has 0 aliphatic carbocycles. The molecule has 6 heteroatoms. The molecule has 1 atom stereocenters. The van der Waals surface area contributed by atoms with Gasteiger partial charge in [-0.25, -0.2) is 0 Å². The lowest BCUT2D eigenvalue weighted by Gasteiger charge is -2.40. The first-order valence-corrected chi connectivity index (χ1v) is 7.99. The summed E-state index contributed by atoms with van der Waals surface area (Å²) in [5, 5.41) is 0.763. The van der Waals surface area contributed by atoms with E-state index in [1.54, 1.807) is 25.0 Å². The van der Waals surface area contributed by atoms with Gasteiger partial charge in [-0.3, -0.25) is 9.59 Å². The Morgan fingerprint density at radius 2 is 2.17 bits per heavy atom. The Labute approximate surface area is 140 Å². The van der Waals surface area contributed by atoms with Gasteiger partial charge in [0.1, 0.15) is 5.60 Å². The Balaban J connectivity index is 2.03. The zero-order valence-electron chi connectivity index (χ0n) is 14.2. The fourth-order valence-electron chi connectivity index (χ4n) is 3.27. The van der Waals surface area contributed by atoms with Crippen LogP contribution in [0.3, 0.4) is 0 Å². The van der Waals surface area contributed by atoms with E-state index in [4.69, 9.17) is 9.47 Å². The van der Waals surface area contributed by atoms with Crippen LogP contribution < -0.4 is 5.56 Å². The highest BCUT2D eigenvalue weighted by Gasteiger charge is 2.35. The molecule has 1 saturated heterocycles. The predicted octanol–water partition coefficient (Wildman–Crippen LogP) is 1.71. The summed E-state index contributed by atoms with van der Waals surface area (Å²) in [7, 11) is 1.61.